The molecule has 0 amide bonds. The Morgan fingerprint density at radius 3 is 1.67 bits per heavy atom. The Hall–Kier alpha value is -3.83. The van der Waals surface area contributed by atoms with E-state index in [1.165, 1.54) is 70.5 Å². The van der Waals surface area contributed by atoms with Crippen LogP contribution in [0.4, 0.5) is 0 Å². The molecule has 6 aromatic rings. The van der Waals surface area contributed by atoms with Gasteiger partial charge in [-0.15, -0.1) is 62.7 Å². The van der Waals surface area contributed by atoms with Crippen molar-refractivity contribution in [2.75, 3.05) is 0 Å². The predicted molar refractivity (Wildman–Crippen MR) is 182 cm³/mol. The monoisotopic (exact) mass is 562 g/mol. The third kappa shape index (κ3) is 5.27. The topological polar surface area (TPSA) is 0 Å². The van der Waals surface area contributed by atoms with Crippen LogP contribution in [0, 0.1) is 12.2 Å². The second-order valence-electron chi connectivity index (χ2n) is 10.8. The summed E-state index contributed by atoms with van der Waals surface area (Å²) < 4.78 is 0. The molecule has 0 fully saturated rings. The van der Waals surface area contributed by atoms with Crippen LogP contribution in [0.25, 0.3) is 21.5 Å². The summed E-state index contributed by atoms with van der Waals surface area (Å²) in [7, 11) is -1.09. The number of benzene rings is 6. The van der Waals surface area contributed by atoms with Crippen molar-refractivity contribution in [1.29, 1.82) is 0 Å². The summed E-state index contributed by atoms with van der Waals surface area (Å²) in [5.41, 5.74) is 7.96. The molecule has 0 nitrogen and oxygen atoms in total. The molecule has 0 atom stereocenters. The Kier molecular flexibility index (Phi) is 8.21. The van der Waals surface area contributed by atoms with Gasteiger partial charge in [0.1, 0.15) is 0 Å². The number of rotatable bonds is 2. The summed E-state index contributed by atoms with van der Waals surface area (Å²) >= 11 is 0. The average molecular weight is 563 g/mol. The van der Waals surface area contributed by atoms with E-state index in [2.05, 4.69) is 159 Å². The first kappa shape index (κ1) is 28.3. The zero-order valence-corrected chi connectivity index (χ0v) is 26.5. The van der Waals surface area contributed by atoms with Crippen molar-refractivity contribution in [3.63, 3.8) is 0 Å². The molecule has 0 bridgehead atoms. The molecule has 0 heterocycles. The smallest absolute Gasteiger partial charge is 0.182 e. The van der Waals surface area contributed by atoms with E-state index in [1.54, 1.807) is 0 Å². The standard InChI is InChI=1S/C26H19Si.C14H11.Mg/c1-19-18-25-23-15-9-8-10-20(23)16-17-24(25)26(19)27(21-11-4-2-5-12-21)22-13-6-3-7-14-22;1-10-8-12-7-6-11-4-2-3-5-13(11)14(12)9-10;/h2-17H,1H3;2-7H,8H2,1H3;/q2*-1;+2. The third-order valence-corrected chi connectivity index (χ3v) is 11.0. The van der Waals surface area contributed by atoms with Gasteiger partial charge in [-0.05, 0) is 10.4 Å². The normalized spacial score (nSPS) is 13.0. The maximum atomic E-state index is 3.72. The molecule has 0 unspecified atom stereocenters. The fourth-order valence-corrected chi connectivity index (χ4v) is 9.09. The SMILES string of the molecule is CC1=[C-]c2c(ccc3ccccc23)C1.CC1=[C-]c2c(ccc3ccccc23)C1=[Si](c1ccccc1)c1ccccc1.[Mg+2]. The molecule has 42 heavy (non-hydrogen) atoms. The Balaban J connectivity index is 0.000000177. The Labute approximate surface area is 266 Å². The molecule has 0 spiro atoms. The van der Waals surface area contributed by atoms with E-state index in [-0.39, 0.29) is 23.1 Å². The van der Waals surface area contributed by atoms with E-state index in [0.717, 1.165) is 6.42 Å². The second kappa shape index (κ2) is 12.2. The molecule has 2 aliphatic carbocycles. The van der Waals surface area contributed by atoms with Gasteiger partial charge >= 0.3 is 23.1 Å². The van der Waals surface area contributed by atoms with Crippen LogP contribution < -0.4 is 10.4 Å². The van der Waals surface area contributed by atoms with Crippen molar-refractivity contribution < 1.29 is 0 Å². The minimum atomic E-state index is -1.09. The fourth-order valence-electron chi connectivity index (χ4n) is 6.21. The molecular formula is C40H30MgSi. The summed E-state index contributed by atoms with van der Waals surface area (Å²) in [5.74, 6) is 0. The van der Waals surface area contributed by atoms with Crippen molar-refractivity contribution in [3.8, 4) is 0 Å². The van der Waals surface area contributed by atoms with Gasteiger partial charge in [-0.3, -0.25) is 0 Å². The number of hydrogen-bond donors (Lipinski definition) is 0. The van der Waals surface area contributed by atoms with Crippen molar-refractivity contribution in [1.82, 2.24) is 0 Å². The van der Waals surface area contributed by atoms with E-state index < -0.39 is 8.41 Å². The quantitative estimate of drug-likeness (QED) is 0.152. The van der Waals surface area contributed by atoms with Gasteiger partial charge in [0, 0.05) is 8.41 Å². The first-order valence-electron chi connectivity index (χ1n) is 14.3. The summed E-state index contributed by atoms with van der Waals surface area (Å²) in [5, 5.41) is 9.54. The first-order valence-corrected chi connectivity index (χ1v) is 15.8. The number of allylic oxidation sites excluding steroid dienone is 2. The van der Waals surface area contributed by atoms with E-state index in [0.29, 0.717) is 0 Å². The average Bonchev–Trinajstić information content (AvgIpc) is 3.58. The predicted octanol–water partition coefficient (Wildman–Crippen LogP) is 7.48. The van der Waals surface area contributed by atoms with Crippen LogP contribution in [0.3, 0.4) is 0 Å². The Morgan fingerprint density at radius 2 is 1.05 bits per heavy atom. The summed E-state index contributed by atoms with van der Waals surface area (Å²) in [4.78, 5) is 0. The summed E-state index contributed by atoms with van der Waals surface area (Å²) in [6.07, 6.45) is 8.24. The molecule has 8 rings (SSSR count). The molecule has 2 aliphatic rings. The zero-order chi connectivity index (χ0) is 27.8. The van der Waals surface area contributed by atoms with E-state index in [9.17, 15) is 0 Å². The van der Waals surface area contributed by atoms with Crippen LogP contribution >= 0.6 is 0 Å². The van der Waals surface area contributed by atoms with E-state index >= 15 is 0 Å². The number of hydrogen-bond acceptors (Lipinski definition) is 0. The Morgan fingerprint density at radius 1 is 0.524 bits per heavy atom. The number of fused-ring (bicyclic) bond motifs is 6. The summed E-state index contributed by atoms with van der Waals surface area (Å²) in [6.45, 7) is 4.37. The molecular weight excluding hydrogens is 533 g/mol. The van der Waals surface area contributed by atoms with Gasteiger partial charge in [0.25, 0.3) is 0 Å². The van der Waals surface area contributed by atoms with Crippen LogP contribution in [0.1, 0.15) is 36.1 Å². The third-order valence-electron chi connectivity index (χ3n) is 8.07. The van der Waals surface area contributed by atoms with Crippen molar-refractivity contribution in [2.24, 2.45) is 0 Å². The molecule has 2 heteroatoms. The second-order valence-corrected chi connectivity index (χ2v) is 13.2. The minimum Gasteiger partial charge on any atom is -0.182 e. The van der Waals surface area contributed by atoms with Gasteiger partial charge in [0.2, 0.25) is 0 Å². The van der Waals surface area contributed by atoms with Crippen LogP contribution in [0.5, 0.6) is 0 Å². The molecule has 0 N–H and O–H groups in total. The maximum Gasteiger partial charge on any atom is 2.00 e. The Bertz CT molecular complexity index is 1970. The molecule has 0 saturated heterocycles. The van der Waals surface area contributed by atoms with Crippen LogP contribution in [0.15, 0.2) is 145 Å². The van der Waals surface area contributed by atoms with Crippen LogP contribution in [-0.2, 0) is 6.42 Å². The minimum absolute atomic E-state index is 0. The van der Waals surface area contributed by atoms with Crippen molar-refractivity contribution >= 4 is 68.5 Å². The van der Waals surface area contributed by atoms with Crippen molar-refractivity contribution in [3.05, 3.63) is 179 Å². The fraction of sp³-hybridized carbons (Fsp3) is 0.0750. The molecule has 196 valence electrons. The maximum absolute atomic E-state index is 3.72. The first-order chi connectivity index (χ1) is 20.2. The summed E-state index contributed by atoms with van der Waals surface area (Å²) in [6, 6.07) is 48.1. The van der Waals surface area contributed by atoms with Crippen LogP contribution in [0.2, 0.25) is 0 Å². The van der Waals surface area contributed by atoms with E-state index in [4.69, 9.17) is 0 Å². The molecule has 0 aliphatic heterocycles. The van der Waals surface area contributed by atoms with Gasteiger partial charge in [-0.1, -0.05) is 152 Å². The zero-order valence-electron chi connectivity index (χ0n) is 24.1. The molecule has 0 radical (unpaired) electrons. The largest absolute Gasteiger partial charge is 2.00 e. The van der Waals surface area contributed by atoms with Crippen LogP contribution in [-0.4, -0.2) is 36.6 Å². The van der Waals surface area contributed by atoms with Gasteiger partial charge in [-0.25, -0.2) is 0 Å². The van der Waals surface area contributed by atoms with Gasteiger partial charge in [0.05, 0.1) is 0 Å². The van der Waals surface area contributed by atoms with Gasteiger partial charge < -0.3 is 0 Å². The van der Waals surface area contributed by atoms with E-state index in [1.807, 2.05) is 0 Å². The van der Waals surface area contributed by atoms with Gasteiger partial charge in [-0.2, -0.15) is 11.6 Å². The van der Waals surface area contributed by atoms with Gasteiger partial charge in [0.15, 0.2) is 0 Å². The van der Waals surface area contributed by atoms with Crippen molar-refractivity contribution in [2.45, 2.75) is 20.3 Å². The molecule has 0 aromatic heterocycles. The molecule has 0 saturated carbocycles. The molecule has 6 aromatic carbocycles.